The molecule has 42 heavy (non-hydrogen) atoms. The number of likely N-dealkylation sites (tertiary alicyclic amines) is 1. The highest BCUT2D eigenvalue weighted by atomic mass is 16.5. The summed E-state index contributed by atoms with van der Waals surface area (Å²) in [6.07, 6.45) is 8.38. The van der Waals surface area contributed by atoms with Gasteiger partial charge in [0.15, 0.2) is 0 Å². The molecule has 2 N–H and O–H groups in total. The fraction of sp³-hybridized carbons (Fsp3) is 0.457. The minimum Gasteiger partial charge on any atom is -0.497 e. The van der Waals surface area contributed by atoms with E-state index in [4.69, 9.17) is 19.3 Å². The minimum absolute atomic E-state index is 0.253. The normalized spacial score (nSPS) is 19.3. The maximum atomic E-state index is 10.8. The van der Waals surface area contributed by atoms with Crippen molar-refractivity contribution in [3.05, 3.63) is 77.9 Å². The molecule has 1 saturated heterocycles. The number of carbonyl (C=O) groups excluding carboxylic acids is 1. The van der Waals surface area contributed by atoms with E-state index in [1.807, 2.05) is 24.3 Å². The van der Waals surface area contributed by atoms with Crippen LogP contribution in [-0.2, 0) is 0 Å². The van der Waals surface area contributed by atoms with E-state index in [1.165, 1.54) is 31.2 Å². The first-order valence-electron chi connectivity index (χ1n) is 15.1. The maximum Gasteiger partial charge on any atom is 0.150 e. The standard InChI is InChI=1S/C20H32N2O2.C15H14O3/c1-21-18-6-2-16(3-7-18)17-4-8-19(9-5-17)24-20-10-12-22(13-11-20)14-15-23;1-17-13-5-3-4-12(9-13)14-8-11(10-16)6-7-15(14)18-2/h4-5,8-9,16,18,20-21,23H,2-3,6-7,10-15H2,1H3;3-10H,1-2H3. The lowest BCUT2D eigenvalue weighted by molar-refractivity contribution is 0.0889. The van der Waals surface area contributed by atoms with Crippen molar-refractivity contribution in [3.8, 4) is 28.4 Å². The third-order valence-electron chi connectivity index (χ3n) is 8.48. The van der Waals surface area contributed by atoms with Crippen LogP contribution in [0.3, 0.4) is 0 Å². The van der Waals surface area contributed by atoms with Crippen molar-refractivity contribution in [2.45, 2.75) is 56.6 Å². The van der Waals surface area contributed by atoms with Gasteiger partial charge in [-0.2, -0.15) is 0 Å². The number of aliphatic hydroxyl groups excluding tert-OH is 1. The molecule has 3 aromatic rings. The highest BCUT2D eigenvalue weighted by molar-refractivity contribution is 5.81. The van der Waals surface area contributed by atoms with Gasteiger partial charge < -0.3 is 29.5 Å². The molecule has 0 spiro atoms. The summed E-state index contributed by atoms with van der Waals surface area (Å²) in [6, 6.07) is 22.5. The number of aldehydes is 1. The lowest BCUT2D eigenvalue weighted by Gasteiger charge is -2.32. The van der Waals surface area contributed by atoms with Crippen LogP contribution in [0.1, 0.15) is 60.4 Å². The zero-order chi connectivity index (χ0) is 29.7. The fourth-order valence-corrected chi connectivity index (χ4v) is 5.93. The van der Waals surface area contributed by atoms with E-state index < -0.39 is 0 Å². The number of methoxy groups -OCH3 is 2. The Labute approximate surface area is 250 Å². The number of ether oxygens (including phenoxy) is 3. The van der Waals surface area contributed by atoms with E-state index in [-0.39, 0.29) is 6.61 Å². The number of carbonyl (C=O) groups is 1. The SMILES string of the molecule is CNC1CCC(c2ccc(OC3CCN(CCO)CC3)cc2)CC1.COc1cccc(-c2cc(C=O)ccc2OC)c1. The van der Waals surface area contributed by atoms with Crippen LogP contribution in [0.15, 0.2) is 66.7 Å². The fourth-order valence-electron chi connectivity index (χ4n) is 5.93. The van der Waals surface area contributed by atoms with Crippen molar-refractivity contribution in [2.24, 2.45) is 0 Å². The Kier molecular flexibility index (Phi) is 12.2. The second kappa shape index (κ2) is 16.3. The molecule has 1 aliphatic heterocycles. The summed E-state index contributed by atoms with van der Waals surface area (Å²) in [6.45, 7) is 3.09. The van der Waals surface area contributed by atoms with Crippen molar-refractivity contribution in [1.82, 2.24) is 10.2 Å². The predicted octanol–water partition coefficient (Wildman–Crippen LogP) is 5.95. The molecule has 2 aliphatic rings. The predicted molar refractivity (Wildman–Crippen MR) is 168 cm³/mol. The summed E-state index contributed by atoms with van der Waals surface area (Å²) in [5.74, 6) is 3.22. The van der Waals surface area contributed by atoms with Gasteiger partial charge >= 0.3 is 0 Å². The van der Waals surface area contributed by atoms with E-state index in [9.17, 15) is 4.79 Å². The number of benzene rings is 3. The molecule has 0 atom stereocenters. The van der Waals surface area contributed by atoms with Crippen LogP contribution in [0.25, 0.3) is 11.1 Å². The number of hydrogen-bond donors (Lipinski definition) is 2. The lowest BCUT2D eigenvalue weighted by Crippen LogP contribution is -2.39. The van der Waals surface area contributed by atoms with Gasteiger partial charge in [-0.15, -0.1) is 0 Å². The molecule has 226 valence electrons. The molecule has 7 nitrogen and oxygen atoms in total. The van der Waals surface area contributed by atoms with Crippen LogP contribution in [0.4, 0.5) is 0 Å². The van der Waals surface area contributed by atoms with Gasteiger partial charge in [0.1, 0.15) is 29.6 Å². The van der Waals surface area contributed by atoms with Crippen molar-refractivity contribution >= 4 is 6.29 Å². The molecule has 0 radical (unpaired) electrons. The van der Waals surface area contributed by atoms with Gasteiger partial charge in [0, 0.05) is 36.8 Å². The van der Waals surface area contributed by atoms with Gasteiger partial charge in [-0.05, 0) is 105 Å². The van der Waals surface area contributed by atoms with Crippen molar-refractivity contribution < 1.29 is 24.1 Å². The monoisotopic (exact) mass is 574 g/mol. The first kappa shape index (κ1) is 31.5. The molecule has 3 aromatic carbocycles. The van der Waals surface area contributed by atoms with E-state index in [0.29, 0.717) is 23.6 Å². The first-order valence-corrected chi connectivity index (χ1v) is 15.1. The molecule has 0 aromatic heterocycles. The maximum absolute atomic E-state index is 10.8. The van der Waals surface area contributed by atoms with Crippen molar-refractivity contribution in [1.29, 1.82) is 0 Å². The third kappa shape index (κ3) is 8.81. The quantitative estimate of drug-likeness (QED) is 0.290. The third-order valence-corrected chi connectivity index (χ3v) is 8.48. The average Bonchev–Trinajstić information content (AvgIpc) is 3.06. The molecule has 1 saturated carbocycles. The van der Waals surface area contributed by atoms with Gasteiger partial charge in [0.05, 0.1) is 20.8 Å². The first-order chi connectivity index (χ1) is 20.6. The van der Waals surface area contributed by atoms with Crippen LogP contribution in [0, 0.1) is 0 Å². The molecule has 0 amide bonds. The zero-order valence-electron chi connectivity index (χ0n) is 25.3. The zero-order valence-corrected chi connectivity index (χ0v) is 25.3. The van der Waals surface area contributed by atoms with E-state index >= 15 is 0 Å². The molecule has 1 aliphatic carbocycles. The number of aliphatic hydroxyl groups is 1. The summed E-state index contributed by atoms with van der Waals surface area (Å²) in [4.78, 5) is 13.2. The molecule has 1 heterocycles. The second-order valence-electron chi connectivity index (χ2n) is 11.1. The van der Waals surface area contributed by atoms with Crippen LogP contribution in [0.5, 0.6) is 17.2 Å². The van der Waals surface area contributed by atoms with Crippen molar-refractivity contribution in [2.75, 3.05) is 47.5 Å². The van der Waals surface area contributed by atoms with Gasteiger partial charge in [-0.1, -0.05) is 24.3 Å². The minimum atomic E-state index is 0.253. The van der Waals surface area contributed by atoms with Gasteiger partial charge in [0.2, 0.25) is 0 Å². The Morgan fingerprint density at radius 1 is 0.881 bits per heavy atom. The second-order valence-corrected chi connectivity index (χ2v) is 11.1. The van der Waals surface area contributed by atoms with Gasteiger partial charge in [0.25, 0.3) is 0 Å². The smallest absolute Gasteiger partial charge is 0.150 e. The number of piperidine rings is 1. The van der Waals surface area contributed by atoms with Crippen LogP contribution in [0.2, 0.25) is 0 Å². The molecule has 0 unspecified atom stereocenters. The van der Waals surface area contributed by atoms with E-state index in [0.717, 1.165) is 67.1 Å². The van der Waals surface area contributed by atoms with Gasteiger partial charge in [-0.3, -0.25) is 4.79 Å². The van der Waals surface area contributed by atoms with Crippen molar-refractivity contribution in [3.63, 3.8) is 0 Å². The Morgan fingerprint density at radius 3 is 2.24 bits per heavy atom. The van der Waals surface area contributed by atoms with Crippen LogP contribution in [-0.4, -0.2) is 75.9 Å². The Balaban J connectivity index is 0.000000201. The molecular formula is C35H46N2O5. The highest BCUT2D eigenvalue weighted by Gasteiger charge is 2.22. The number of nitrogens with one attached hydrogen (secondary N) is 1. The average molecular weight is 575 g/mol. The molecule has 2 fully saturated rings. The number of hydrogen-bond acceptors (Lipinski definition) is 7. The Hall–Kier alpha value is -3.39. The summed E-state index contributed by atoms with van der Waals surface area (Å²) in [7, 11) is 5.31. The largest absolute Gasteiger partial charge is 0.497 e. The Bertz CT molecular complexity index is 1230. The summed E-state index contributed by atoms with van der Waals surface area (Å²) >= 11 is 0. The lowest BCUT2D eigenvalue weighted by atomic mass is 9.82. The van der Waals surface area contributed by atoms with Crippen LogP contribution < -0.4 is 19.5 Å². The highest BCUT2D eigenvalue weighted by Crippen LogP contribution is 2.34. The topological polar surface area (TPSA) is 80.3 Å². The van der Waals surface area contributed by atoms with E-state index in [2.05, 4.69) is 41.5 Å². The molecule has 7 heteroatoms. The molecular weight excluding hydrogens is 528 g/mol. The summed E-state index contributed by atoms with van der Waals surface area (Å²) < 4.78 is 16.7. The van der Waals surface area contributed by atoms with Crippen LogP contribution >= 0.6 is 0 Å². The van der Waals surface area contributed by atoms with E-state index in [1.54, 1.807) is 32.4 Å². The summed E-state index contributed by atoms with van der Waals surface area (Å²) in [5, 5.41) is 12.4. The molecule has 0 bridgehead atoms. The molecule has 5 rings (SSSR count). The van der Waals surface area contributed by atoms with Gasteiger partial charge in [-0.25, -0.2) is 0 Å². The number of β-amino-alcohol motifs (C(OH)–C–C–N with tert-alkyl or cyclic N) is 1. The number of nitrogens with zero attached hydrogens (tertiary/aromatic N) is 1. The Morgan fingerprint density at radius 2 is 1.62 bits per heavy atom. The number of rotatable bonds is 10. The summed E-state index contributed by atoms with van der Waals surface area (Å²) in [5.41, 5.74) is 3.92.